The monoisotopic (exact) mass is 364 g/mol. The molecule has 27 heavy (non-hydrogen) atoms. The fraction of sp³-hybridized carbons (Fsp3) is 0.391. The molecule has 1 aliphatic heterocycles. The second-order valence-electron chi connectivity index (χ2n) is 7.99. The minimum Gasteiger partial charge on any atom is -0.458 e. The van der Waals surface area contributed by atoms with Crippen LogP contribution in [0.15, 0.2) is 64.5 Å². The van der Waals surface area contributed by atoms with Gasteiger partial charge in [0.1, 0.15) is 11.9 Å². The van der Waals surface area contributed by atoms with Gasteiger partial charge < -0.3 is 9.47 Å². The van der Waals surface area contributed by atoms with Gasteiger partial charge in [-0.15, -0.1) is 0 Å². The van der Waals surface area contributed by atoms with Crippen molar-refractivity contribution in [1.82, 2.24) is 0 Å². The van der Waals surface area contributed by atoms with Crippen molar-refractivity contribution in [2.24, 2.45) is 11.3 Å². The highest BCUT2D eigenvalue weighted by Gasteiger charge is 2.49. The number of ether oxygens (including phenoxy) is 2. The summed E-state index contributed by atoms with van der Waals surface area (Å²) in [5.74, 6) is 0.319. The number of benzene rings is 1. The summed E-state index contributed by atoms with van der Waals surface area (Å²) in [5, 5.41) is 0. The van der Waals surface area contributed by atoms with E-state index in [9.17, 15) is 9.59 Å². The van der Waals surface area contributed by atoms with Crippen LogP contribution in [-0.4, -0.2) is 18.0 Å². The van der Waals surface area contributed by atoms with Gasteiger partial charge in [-0.2, -0.15) is 0 Å². The summed E-state index contributed by atoms with van der Waals surface area (Å²) < 4.78 is 11.4. The van der Waals surface area contributed by atoms with Gasteiger partial charge in [0, 0.05) is 28.9 Å². The molecule has 3 atom stereocenters. The molecular weight excluding hydrogens is 340 g/mol. The van der Waals surface area contributed by atoms with E-state index in [1.54, 1.807) is 12.1 Å². The Bertz CT molecular complexity index is 919. The van der Waals surface area contributed by atoms with E-state index in [1.165, 1.54) is 5.57 Å². The van der Waals surface area contributed by atoms with Crippen molar-refractivity contribution in [3.05, 3.63) is 70.0 Å². The highest BCUT2D eigenvalue weighted by atomic mass is 16.5. The number of rotatable bonds is 2. The number of allylic oxidation sites excluding steroid dienone is 3. The minimum atomic E-state index is -0.286. The molecule has 1 heterocycles. The summed E-state index contributed by atoms with van der Waals surface area (Å²) >= 11 is 0. The molecule has 4 nitrogen and oxygen atoms in total. The van der Waals surface area contributed by atoms with Crippen LogP contribution in [0.2, 0.25) is 0 Å². The number of hydrogen-bond donors (Lipinski definition) is 0. The van der Waals surface area contributed by atoms with Crippen molar-refractivity contribution < 1.29 is 19.1 Å². The van der Waals surface area contributed by atoms with E-state index in [0.717, 1.165) is 23.3 Å². The van der Waals surface area contributed by atoms with Crippen LogP contribution in [-0.2, 0) is 14.3 Å². The molecule has 0 N–H and O–H groups in total. The predicted molar refractivity (Wildman–Crippen MR) is 102 cm³/mol. The van der Waals surface area contributed by atoms with Crippen molar-refractivity contribution in [1.29, 1.82) is 0 Å². The molecule has 2 aliphatic carbocycles. The van der Waals surface area contributed by atoms with Gasteiger partial charge in [-0.1, -0.05) is 38.1 Å². The normalized spacial score (nSPS) is 29.8. The molecule has 3 aliphatic rings. The Kier molecular flexibility index (Phi) is 4.10. The van der Waals surface area contributed by atoms with Crippen LogP contribution in [0.4, 0.5) is 0 Å². The van der Waals surface area contributed by atoms with Crippen LogP contribution in [0.25, 0.3) is 0 Å². The summed E-state index contributed by atoms with van der Waals surface area (Å²) in [4.78, 5) is 24.6. The minimum absolute atomic E-state index is 0.123. The number of fused-ring (bicyclic) bond motifs is 2. The standard InChI is InChI=1S/C23H24O4/c1-13-17-12-23(4)15(3)19(26-22(25)16-8-6-5-7-9-16)11-10-18(23)14(2)20(17)27-21(13)24/h5-10,15,19H,11-12H2,1-4H3/t15-,19-,23+/m0/s1. The molecule has 0 bridgehead atoms. The largest absolute Gasteiger partial charge is 0.458 e. The van der Waals surface area contributed by atoms with E-state index < -0.39 is 0 Å². The van der Waals surface area contributed by atoms with Gasteiger partial charge in [0.2, 0.25) is 0 Å². The van der Waals surface area contributed by atoms with E-state index in [2.05, 4.69) is 19.9 Å². The topological polar surface area (TPSA) is 52.6 Å². The van der Waals surface area contributed by atoms with E-state index in [4.69, 9.17) is 9.47 Å². The van der Waals surface area contributed by atoms with E-state index in [-0.39, 0.29) is 29.4 Å². The first-order valence-electron chi connectivity index (χ1n) is 9.43. The second kappa shape index (κ2) is 6.22. The van der Waals surface area contributed by atoms with E-state index in [1.807, 2.05) is 32.0 Å². The zero-order chi connectivity index (χ0) is 19.3. The lowest BCUT2D eigenvalue weighted by atomic mass is 9.58. The van der Waals surface area contributed by atoms with Gasteiger partial charge in [-0.3, -0.25) is 0 Å². The highest BCUT2D eigenvalue weighted by molar-refractivity contribution is 5.94. The molecule has 0 saturated carbocycles. The Labute approximate surface area is 159 Å². The first kappa shape index (κ1) is 17.8. The highest BCUT2D eigenvalue weighted by Crippen LogP contribution is 2.56. The maximum Gasteiger partial charge on any atom is 0.339 e. The molecule has 1 aromatic carbocycles. The van der Waals surface area contributed by atoms with Crippen molar-refractivity contribution in [3.63, 3.8) is 0 Å². The molecule has 4 heteroatoms. The van der Waals surface area contributed by atoms with Crippen LogP contribution >= 0.6 is 0 Å². The van der Waals surface area contributed by atoms with Gasteiger partial charge in [-0.05, 0) is 43.5 Å². The lowest BCUT2D eigenvalue weighted by Crippen LogP contribution is -2.43. The Balaban J connectivity index is 1.66. The summed E-state index contributed by atoms with van der Waals surface area (Å²) in [6, 6.07) is 9.10. The van der Waals surface area contributed by atoms with Crippen LogP contribution in [0.5, 0.6) is 0 Å². The SMILES string of the molecule is CC1=C2C[C@@]3(C)C(=CC[C@H](OC(=O)c4ccccc4)[C@@H]3C)C(C)=C2OC1=O. The number of hydrogen-bond acceptors (Lipinski definition) is 4. The summed E-state index contributed by atoms with van der Waals surface area (Å²) in [5.41, 5.74) is 4.31. The molecule has 0 radical (unpaired) electrons. The Morgan fingerprint density at radius 1 is 1.19 bits per heavy atom. The molecule has 0 aromatic heterocycles. The van der Waals surface area contributed by atoms with Crippen LogP contribution < -0.4 is 0 Å². The Morgan fingerprint density at radius 2 is 1.89 bits per heavy atom. The summed E-state index contributed by atoms with van der Waals surface area (Å²) in [7, 11) is 0. The lowest BCUT2D eigenvalue weighted by molar-refractivity contribution is -0.133. The molecule has 0 spiro atoms. The zero-order valence-corrected chi connectivity index (χ0v) is 16.2. The maximum atomic E-state index is 12.5. The third-order valence-corrected chi connectivity index (χ3v) is 6.52. The van der Waals surface area contributed by atoms with Crippen LogP contribution in [0.1, 0.15) is 50.9 Å². The summed E-state index contributed by atoms with van der Waals surface area (Å²) in [6.07, 6.45) is 3.36. The molecular formula is C23H24O4. The second-order valence-corrected chi connectivity index (χ2v) is 7.99. The Hall–Kier alpha value is -2.62. The fourth-order valence-corrected chi connectivity index (χ4v) is 4.62. The van der Waals surface area contributed by atoms with Crippen molar-refractivity contribution in [2.45, 2.75) is 46.6 Å². The first-order valence-corrected chi connectivity index (χ1v) is 9.43. The van der Waals surface area contributed by atoms with Crippen molar-refractivity contribution >= 4 is 11.9 Å². The fourth-order valence-electron chi connectivity index (χ4n) is 4.62. The average Bonchev–Trinajstić information content (AvgIpc) is 2.94. The van der Waals surface area contributed by atoms with Crippen LogP contribution in [0, 0.1) is 11.3 Å². The molecule has 1 aromatic rings. The first-order chi connectivity index (χ1) is 12.8. The van der Waals surface area contributed by atoms with Gasteiger partial charge in [0.15, 0.2) is 0 Å². The third kappa shape index (κ3) is 2.66. The van der Waals surface area contributed by atoms with E-state index >= 15 is 0 Å². The number of carbonyl (C=O) groups is 2. The molecule has 0 amide bonds. The molecule has 0 fully saturated rings. The van der Waals surface area contributed by atoms with Gasteiger partial charge in [0.05, 0.1) is 5.56 Å². The third-order valence-electron chi connectivity index (χ3n) is 6.52. The molecule has 0 unspecified atom stereocenters. The van der Waals surface area contributed by atoms with Crippen molar-refractivity contribution in [3.8, 4) is 0 Å². The van der Waals surface area contributed by atoms with Gasteiger partial charge >= 0.3 is 11.9 Å². The number of carbonyl (C=O) groups excluding carboxylic acids is 2. The number of esters is 2. The smallest absolute Gasteiger partial charge is 0.339 e. The zero-order valence-electron chi connectivity index (χ0n) is 16.2. The molecule has 140 valence electrons. The van der Waals surface area contributed by atoms with Gasteiger partial charge in [-0.25, -0.2) is 9.59 Å². The quantitative estimate of drug-likeness (QED) is 0.712. The lowest BCUT2D eigenvalue weighted by Gasteiger charge is -2.47. The molecule has 4 rings (SSSR count). The maximum absolute atomic E-state index is 12.5. The van der Waals surface area contributed by atoms with Crippen LogP contribution in [0.3, 0.4) is 0 Å². The average molecular weight is 364 g/mol. The summed E-state index contributed by atoms with van der Waals surface area (Å²) in [6.45, 7) is 8.20. The van der Waals surface area contributed by atoms with Crippen molar-refractivity contribution in [2.75, 3.05) is 0 Å². The molecule has 0 saturated heterocycles. The predicted octanol–water partition coefficient (Wildman–Crippen LogP) is 4.74. The van der Waals surface area contributed by atoms with E-state index in [0.29, 0.717) is 17.6 Å². The van der Waals surface area contributed by atoms with Gasteiger partial charge in [0.25, 0.3) is 0 Å². The Morgan fingerprint density at radius 3 is 2.59 bits per heavy atom.